The number of carbonyl (C=O) groups is 1. The van der Waals surface area contributed by atoms with Crippen LogP contribution in [0.2, 0.25) is 0 Å². The lowest BCUT2D eigenvalue weighted by Crippen LogP contribution is -2.47. The van der Waals surface area contributed by atoms with Crippen LogP contribution >= 0.6 is 0 Å². The summed E-state index contributed by atoms with van der Waals surface area (Å²) in [5, 5.41) is 10.7. The predicted molar refractivity (Wildman–Crippen MR) is 146 cm³/mol. The van der Waals surface area contributed by atoms with Crippen LogP contribution in [0.1, 0.15) is 57.1 Å². The van der Waals surface area contributed by atoms with Crippen molar-refractivity contribution in [2.75, 3.05) is 32.7 Å². The van der Waals surface area contributed by atoms with Gasteiger partial charge >= 0.3 is 5.97 Å². The lowest BCUT2D eigenvalue weighted by Gasteiger charge is -2.36. The Morgan fingerprint density at radius 3 is 2.46 bits per heavy atom. The van der Waals surface area contributed by atoms with Crippen LogP contribution in [-0.4, -0.2) is 53.6 Å². The van der Waals surface area contributed by atoms with Crippen molar-refractivity contribution < 1.29 is 14.6 Å². The molecule has 5 nitrogen and oxygen atoms in total. The molecular formula is C30H42N2O3. The number of nitrogens with zero attached hydrogens (tertiary/aromatic N) is 2. The molecule has 1 atom stereocenters. The molecule has 1 N–H and O–H groups in total. The van der Waals surface area contributed by atoms with Gasteiger partial charge in [-0.3, -0.25) is 9.69 Å². The fourth-order valence-electron chi connectivity index (χ4n) is 4.60. The van der Waals surface area contributed by atoms with Crippen LogP contribution in [0, 0.1) is 6.92 Å². The number of phenols is 1. The average Bonchev–Trinajstić information content (AvgIpc) is 2.79. The molecule has 2 aliphatic rings. The van der Waals surface area contributed by atoms with Crippen molar-refractivity contribution in [2.45, 2.75) is 52.9 Å². The van der Waals surface area contributed by atoms with E-state index in [0.717, 1.165) is 62.3 Å². The summed E-state index contributed by atoms with van der Waals surface area (Å²) in [4.78, 5) is 17.2. The number of hydrogen-bond acceptors (Lipinski definition) is 5. The number of ether oxygens (including phenoxy) is 1. The third kappa shape index (κ3) is 8.59. The van der Waals surface area contributed by atoms with Gasteiger partial charge in [-0.25, -0.2) is 0 Å². The van der Waals surface area contributed by atoms with Gasteiger partial charge in [0.15, 0.2) is 0 Å². The lowest BCUT2D eigenvalue weighted by atomic mass is 9.85. The van der Waals surface area contributed by atoms with E-state index in [1.807, 2.05) is 39.0 Å². The molecule has 3 rings (SSSR count). The van der Waals surface area contributed by atoms with Gasteiger partial charge in [-0.1, -0.05) is 36.5 Å². The summed E-state index contributed by atoms with van der Waals surface area (Å²) in [6.45, 7) is 18.6. The molecule has 1 aliphatic carbocycles. The summed E-state index contributed by atoms with van der Waals surface area (Å²) in [6.07, 6.45) is 15.0. The molecule has 0 saturated carbocycles. The fraction of sp³-hybridized carbons (Fsp3) is 0.433. The van der Waals surface area contributed by atoms with Gasteiger partial charge in [0.25, 0.3) is 0 Å². The first-order valence-corrected chi connectivity index (χ1v) is 12.5. The Kier molecular flexibility index (Phi) is 11.6. The minimum Gasteiger partial charge on any atom is -0.507 e. The first-order valence-electron chi connectivity index (χ1n) is 12.5. The second-order valence-corrected chi connectivity index (χ2v) is 9.18. The molecule has 5 heteroatoms. The van der Waals surface area contributed by atoms with E-state index in [4.69, 9.17) is 4.74 Å². The normalized spacial score (nSPS) is 19.0. The van der Waals surface area contributed by atoms with Gasteiger partial charge in [0, 0.05) is 43.4 Å². The Labute approximate surface area is 211 Å². The van der Waals surface area contributed by atoms with Crippen LogP contribution in [0.4, 0.5) is 0 Å². The number of esters is 1. The van der Waals surface area contributed by atoms with Crippen molar-refractivity contribution in [1.29, 1.82) is 0 Å². The second kappa shape index (κ2) is 14.4. The van der Waals surface area contributed by atoms with E-state index in [0.29, 0.717) is 5.75 Å². The molecule has 35 heavy (non-hydrogen) atoms. The van der Waals surface area contributed by atoms with Crippen molar-refractivity contribution in [3.05, 3.63) is 84.1 Å². The van der Waals surface area contributed by atoms with Crippen molar-refractivity contribution in [1.82, 2.24) is 9.80 Å². The maximum Gasteiger partial charge on any atom is 0.325 e. The van der Waals surface area contributed by atoms with Crippen LogP contribution < -0.4 is 4.74 Å². The van der Waals surface area contributed by atoms with Gasteiger partial charge < -0.3 is 14.7 Å². The lowest BCUT2D eigenvalue weighted by molar-refractivity contribution is -0.136. The van der Waals surface area contributed by atoms with Gasteiger partial charge in [-0.05, 0) is 76.8 Å². The Bertz CT molecular complexity index is 966. The van der Waals surface area contributed by atoms with Gasteiger partial charge in [0.05, 0.1) is 6.54 Å². The molecule has 1 heterocycles. The van der Waals surface area contributed by atoms with Crippen LogP contribution in [0.15, 0.2) is 73.0 Å². The standard InChI is InChI=1S/C27H36N2O3.C3H6/c1-5-8-23(9-6-2)29-14-12-28(13-15-29)19-26(31)32-25-18-21(4)17-24(30)27(25)22-11-7-10-20(3)16-22;1-3-2/h5-6,8-9,16-18,22,30H,1,7,10-15,19H2,2-4H3;3H,1H2,2H3/b9-6-,23-8+;. The third-order valence-corrected chi connectivity index (χ3v) is 6.15. The first-order chi connectivity index (χ1) is 16.8. The summed E-state index contributed by atoms with van der Waals surface area (Å²) < 4.78 is 5.83. The van der Waals surface area contributed by atoms with Gasteiger partial charge in [-0.2, -0.15) is 0 Å². The molecule has 1 aromatic carbocycles. The van der Waals surface area contributed by atoms with Crippen molar-refractivity contribution >= 4 is 5.97 Å². The second-order valence-electron chi connectivity index (χ2n) is 9.18. The van der Waals surface area contributed by atoms with Crippen LogP contribution in [0.25, 0.3) is 0 Å². The number of hydrogen-bond donors (Lipinski definition) is 1. The number of phenolic OH excluding ortho intramolecular Hbond substituents is 1. The zero-order valence-electron chi connectivity index (χ0n) is 21.9. The predicted octanol–water partition coefficient (Wildman–Crippen LogP) is 6.28. The Hall–Kier alpha value is -3.05. The van der Waals surface area contributed by atoms with Gasteiger partial charge in [0.2, 0.25) is 0 Å². The minimum absolute atomic E-state index is 0.0809. The molecule has 1 fully saturated rings. The largest absolute Gasteiger partial charge is 0.507 e. The van der Waals surface area contributed by atoms with Crippen molar-refractivity contribution in [2.24, 2.45) is 0 Å². The Morgan fingerprint density at radius 2 is 1.86 bits per heavy atom. The van der Waals surface area contributed by atoms with E-state index in [1.165, 1.54) is 5.57 Å². The van der Waals surface area contributed by atoms with E-state index in [2.05, 4.69) is 42.0 Å². The van der Waals surface area contributed by atoms with E-state index < -0.39 is 0 Å². The van der Waals surface area contributed by atoms with E-state index in [9.17, 15) is 9.90 Å². The molecule has 0 aromatic heterocycles. The van der Waals surface area contributed by atoms with Crippen LogP contribution in [0.3, 0.4) is 0 Å². The van der Waals surface area contributed by atoms with E-state index in [1.54, 1.807) is 18.2 Å². The Balaban J connectivity index is 0.00000137. The monoisotopic (exact) mass is 478 g/mol. The molecule has 0 amide bonds. The number of aromatic hydroxyl groups is 1. The maximum absolute atomic E-state index is 12.8. The molecular weight excluding hydrogens is 436 g/mol. The number of piperazine rings is 1. The summed E-state index contributed by atoms with van der Waals surface area (Å²) in [7, 11) is 0. The van der Waals surface area contributed by atoms with Crippen LogP contribution in [-0.2, 0) is 4.79 Å². The highest BCUT2D eigenvalue weighted by Gasteiger charge is 2.25. The highest BCUT2D eigenvalue weighted by Crippen LogP contribution is 2.41. The summed E-state index contributed by atoms with van der Waals surface area (Å²) in [5.74, 6) is 0.503. The number of rotatable bonds is 7. The smallest absolute Gasteiger partial charge is 0.325 e. The summed E-state index contributed by atoms with van der Waals surface area (Å²) in [5.41, 5.74) is 4.07. The zero-order chi connectivity index (χ0) is 25.8. The van der Waals surface area contributed by atoms with E-state index in [-0.39, 0.29) is 24.2 Å². The first kappa shape index (κ1) is 28.2. The molecule has 1 aromatic rings. The highest BCUT2D eigenvalue weighted by molar-refractivity contribution is 5.75. The number of aryl methyl sites for hydroxylation is 1. The van der Waals surface area contributed by atoms with E-state index >= 15 is 0 Å². The highest BCUT2D eigenvalue weighted by atomic mass is 16.5. The quantitative estimate of drug-likeness (QED) is 0.216. The molecule has 1 unspecified atom stereocenters. The summed E-state index contributed by atoms with van der Waals surface area (Å²) in [6, 6.07) is 3.62. The molecule has 0 radical (unpaired) electrons. The number of benzene rings is 1. The zero-order valence-corrected chi connectivity index (χ0v) is 21.9. The number of carbonyl (C=O) groups excluding carboxylic acids is 1. The van der Waals surface area contributed by atoms with Gasteiger partial charge in [0.1, 0.15) is 11.5 Å². The van der Waals surface area contributed by atoms with Crippen molar-refractivity contribution in [3.63, 3.8) is 0 Å². The Morgan fingerprint density at radius 1 is 1.17 bits per heavy atom. The topological polar surface area (TPSA) is 53.0 Å². The summed E-state index contributed by atoms with van der Waals surface area (Å²) >= 11 is 0. The fourth-order valence-corrected chi connectivity index (χ4v) is 4.60. The molecule has 0 spiro atoms. The average molecular weight is 479 g/mol. The molecule has 1 saturated heterocycles. The number of allylic oxidation sites excluding steroid dienone is 7. The maximum atomic E-state index is 12.8. The molecule has 190 valence electrons. The third-order valence-electron chi connectivity index (χ3n) is 6.15. The minimum atomic E-state index is -0.281. The van der Waals surface area contributed by atoms with Crippen molar-refractivity contribution in [3.8, 4) is 11.5 Å². The SMILES string of the molecule is C=C/C=C(\C=C/C)N1CCN(CC(=O)Oc2cc(C)cc(O)c2C2C=C(C)CCC2)CC1.C=CC. The van der Waals surface area contributed by atoms with Gasteiger partial charge in [-0.15, -0.1) is 6.58 Å². The van der Waals surface area contributed by atoms with Crippen LogP contribution in [0.5, 0.6) is 11.5 Å². The molecule has 1 aliphatic heterocycles. The molecule has 0 bridgehead atoms.